The number of hydrogen-bond donors (Lipinski definition) is 0. The van der Waals surface area contributed by atoms with Crippen molar-refractivity contribution in [1.29, 1.82) is 0 Å². The maximum atomic E-state index is 6.96. The summed E-state index contributed by atoms with van der Waals surface area (Å²) in [6.45, 7) is 41.9. The molecule has 2 heteroatoms. The first-order valence-corrected chi connectivity index (χ1v) is 24.6. The lowest BCUT2D eigenvalue weighted by atomic mass is 9.35. The predicted octanol–water partition coefficient (Wildman–Crippen LogP) is 16.3. The molecule has 0 amide bonds. The van der Waals surface area contributed by atoms with Crippen LogP contribution in [0.15, 0.2) is 84.9 Å². The van der Waals surface area contributed by atoms with E-state index in [-0.39, 0.29) is 27.1 Å². The van der Waals surface area contributed by atoms with E-state index in [1.165, 1.54) is 44.5 Å². The number of aryl methyl sites for hydroxylation is 2. The highest BCUT2D eigenvalue weighted by atomic mass is 16.5. The van der Waals surface area contributed by atoms with Crippen molar-refractivity contribution in [2.45, 2.75) is 201 Å². The molecule has 2 nitrogen and oxygen atoms in total. The summed E-state index contributed by atoms with van der Waals surface area (Å²) in [7, 11) is 0. The minimum absolute atomic E-state index is 0.135. The van der Waals surface area contributed by atoms with Gasteiger partial charge < -0.3 is 9.47 Å². The Hall–Kier alpha value is -3.20. The second-order valence-electron chi connectivity index (χ2n) is 23.4. The molecule has 340 valence electrons. The maximum absolute atomic E-state index is 6.96. The zero-order valence-corrected chi connectivity index (χ0v) is 42.6. The molecular formula is C60H88O2. The standard InChI is InChI=1S/C60H88O2/c1-17-19-36-61-38-34-58(35-39-62-37-20-18-2)59(46-28-23-21-24-29-46,47-30-25-22-26-31-47)32-27-33-60(58,52-48(54(5,6)7)40-44(3)41-49(52)55(8,9)10)53-50(56(11,12)13)42-45(4)43-51(53)57(14,15)16/h21-26,28-31,40-43H,17-20,27,32-39H2,1-16H3. The third-order valence-electron chi connectivity index (χ3n) is 14.6. The Kier molecular flexibility index (Phi) is 15.7. The molecule has 4 aromatic rings. The van der Waals surface area contributed by atoms with Crippen LogP contribution in [0.2, 0.25) is 0 Å². The molecule has 0 heterocycles. The zero-order chi connectivity index (χ0) is 45.8. The lowest BCUT2D eigenvalue weighted by Gasteiger charge is -2.67. The minimum Gasteiger partial charge on any atom is -0.381 e. The van der Waals surface area contributed by atoms with Crippen LogP contribution >= 0.6 is 0 Å². The van der Waals surface area contributed by atoms with Gasteiger partial charge >= 0.3 is 0 Å². The average molecular weight is 841 g/mol. The summed E-state index contributed by atoms with van der Waals surface area (Å²) in [5.74, 6) is 0. The Morgan fingerprint density at radius 1 is 0.452 bits per heavy atom. The Balaban J connectivity index is 2.25. The summed E-state index contributed by atoms with van der Waals surface area (Å²) in [6.07, 6.45) is 9.37. The molecular weight excluding hydrogens is 753 g/mol. The normalized spacial score (nSPS) is 16.7. The van der Waals surface area contributed by atoms with E-state index in [2.05, 4.69) is 196 Å². The number of rotatable bonds is 16. The molecule has 0 saturated heterocycles. The van der Waals surface area contributed by atoms with E-state index in [1.54, 1.807) is 11.1 Å². The number of benzene rings is 4. The first-order valence-electron chi connectivity index (χ1n) is 24.6. The van der Waals surface area contributed by atoms with Gasteiger partial charge in [0.2, 0.25) is 0 Å². The molecule has 0 bridgehead atoms. The fraction of sp³-hybridized carbons (Fsp3) is 0.600. The predicted molar refractivity (Wildman–Crippen MR) is 269 cm³/mol. The van der Waals surface area contributed by atoms with Crippen molar-refractivity contribution in [1.82, 2.24) is 0 Å². The molecule has 0 N–H and O–H groups in total. The van der Waals surface area contributed by atoms with E-state index < -0.39 is 10.8 Å². The van der Waals surface area contributed by atoms with Gasteiger partial charge in [-0.3, -0.25) is 0 Å². The summed E-state index contributed by atoms with van der Waals surface area (Å²) in [5, 5.41) is 0. The summed E-state index contributed by atoms with van der Waals surface area (Å²) < 4.78 is 13.9. The van der Waals surface area contributed by atoms with E-state index in [9.17, 15) is 0 Å². The van der Waals surface area contributed by atoms with Crippen molar-refractivity contribution >= 4 is 0 Å². The zero-order valence-electron chi connectivity index (χ0n) is 42.6. The molecule has 0 aliphatic heterocycles. The average Bonchev–Trinajstić information content (AvgIpc) is 3.19. The van der Waals surface area contributed by atoms with Gasteiger partial charge in [0, 0.05) is 42.7 Å². The molecule has 1 fully saturated rings. The van der Waals surface area contributed by atoms with Crippen LogP contribution in [0.5, 0.6) is 0 Å². The second kappa shape index (κ2) is 19.5. The lowest BCUT2D eigenvalue weighted by Crippen LogP contribution is -2.64. The van der Waals surface area contributed by atoms with Crippen LogP contribution < -0.4 is 0 Å². The molecule has 0 unspecified atom stereocenters. The fourth-order valence-electron chi connectivity index (χ4n) is 11.8. The SMILES string of the molecule is CCCCOCCC1(CCOCCCC)C(c2ccccc2)(c2ccccc2)CCCC1(c1c(C(C)(C)C)cc(C)cc1C(C)(C)C)c1c(C(C)(C)C)cc(C)cc1C(C)(C)C. The van der Waals surface area contributed by atoms with Crippen LogP contribution in [0.1, 0.15) is 210 Å². The molecule has 1 aliphatic rings. The maximum Gasteiger partial charge on any atom is 0.0472 e. The molecule has 5 rings (SSSR count). The van der Waals surface area contributed by atoms with Crippen LogP contribution in [0, 0.1) is 19.3 Å². The lowest BCUT2D eigenvalue weighted by molar-refractivity contribution is -0.0538. The molecule has 0 spiro atoms. The van der Waals surface area contributed by atoms with Crippen molar-refractivity contribution in [3.05, 3.63) is 141 Å². The van der Waals surface area contributed by atoms with Gasteiger partial charge in [0.05, 0.1) is 0 Å². The number of ether oxygens (including phenoxy) is 2. The first kappa shape index (κ1) is 49.8. The minimum atomic E-state index is -0.475. The Bertz CT molecular complexity index is 1840. The van der Waals surface area contributed by atoms with E-state index in [0.29, 0.717) is 13.2 Å². The van der Waals surface area contributed by atoms with Gasteiger partial charge in [-0.05, 0) is 119 Å². The number of unbranched alkanes of at least 4 members (excludes halogenated alkanes) is 2. The van der Waals surface area contributed by atoms with Gasteiger partial charge in [-0.25, -0.2) is 0 Å². The van der Waals surface area contributed by atoms with E-state index in [0.717, 1.165) is 71.0 Å². The highest BCUT2D eigenvalue weighted by molar-refractivity contribution is 5.64. The van der Waals surface area contributed by atoms with Crippen LogP contribution in [-0.4, -0.2) is 26.4 Å². The van der Waals surface area contributed by atoms with Crippen molar-refractivity contribution < 1.29 is 9.47 Å². The van der Waals surface area contributed by atoms with Gasteiger partial charge in [-0.2, -0.15) is 0 Å². The molecule has 1 aliphatic carbocycles. The molecule has 1 saturated carbocycles. The summed E-state index contributed by atoms with van der Waals surface area (Å²) in [6, 6.07) is 33.9. The highest BCUT2D eigenvalue weighted by Gasteiger charge is 2.68. The second-order valence-corrected chi connectivity index (χ2v) is 23.4. The van der Waals surface area contributed by atoms with Crippen LogP contribution in [0.4, 0.5) is 0 Å². The third kappa shape index (κ3) is 9.73. The smallest absolute Gasteiger partial charge is 0.0472 e. The molecule has 0 aromatic heterocycles. The van der Waals surface area contributed by atoms with Crippen LogP contribution in [0.25, 0.3) is 0 Å². The largest absolute Gasteiger partial charge is 0.381 e. The van der Waals surface area contributed by atoms with Gasteiger partial charge in [-0.15, -0.1) is 0 Å². The van der Waals surface area contributed by atoms with E-state index >= 15 is 0 Å². The third-order valence-corrected chi connectivity index (χ3v) is 14.6. The fourth-order valence-corrected chi connectivity index (χ4v) is 11.8. The first-order chi connectivity index (χ1) is 29.0. The topological polar surface area (TPSA) is 18.5 Å². The quantitative estimate of drug-likeness (QED) is 0.105. The van der Waals surface area contributed by atoms with E-state index in [1.807, 2.05) is 0 Å². The summed E-state index contributed by atoms with van der Waals surface area (Å²) in [4.78, 5) is 0. The summed E-state index contributed by atoms with van der Waals surface area (Å²) >= 11 is 0. The van der Waals surface area contributed by atoms with Crippen molar-refractivity contribution in [2.24, 2.45) is 5.41 Å². The Morgan fingerprint density at radius 2 is 0.774 bits per heavy atom. The van der Waals surface area contributed by atoms with Crippen molar-refractivity contribution in [2.75, 3.05) is 26.4 Å². The van der Waals surface area contributed by atoms with Crippen LogP contribution in [0.3, 0.4) is 0 Å². The monoisotopic (exact) mass is 841 g/mol. The molecule has 62 heavy (non-hydrogen) atoms. The molecule has 0 atom stereocenters. The molecule has 0 radical (unpaired) electrons. The van der Waals surface area contributed by atoms with Crippen molar-refractivity contribution in [3.63, 3.8) is 0 Å². The van der Waals surface area contributed by atoms with Crippen LogP contribution in [-0.2, 0) is 42.0 Å². The van der Waals surface area contributed by atoms with Gasteiger partial charge in [0.1, 0.15) is 0 Å². The Morgan fingerprint density at radius 3 is 1.08 bits per heavy atom. The number of hydrogen-bond acceptors (Lipinski definition) is 2. The Labute approximate surface area is 381 Å². The molecule has 4 aromatic carbocycles. The highest BCUT2D eigenvalue weighted by Crippen LogP contribution is 2.72. The van der Waals surface area contributed by atoms with Crippen molar-refractivity contribution in [3.8, 4) is 0 Å². The van der Waals surface area contributed by atoms with Gasteiger partial charge in [0.15, 0.2) is 0 Å². The summed E-state index contributed by atoms with van der Waals surface area (Å²) in [5.41, 5.74) is 12.8. The van der Waals surface area contributed by atoms with Gasteiger partial charge in [-0.1, -0.05) is 212 Å². The van der Waals surface area contributed by atoms with Gasteiger partial charge in [0.25, 0.3) is 0 Å². The van der Waals surface area contributed by atoms with E-state index in [4.69, 9.17) is 9.47 Å².